The summed E-state index contributed by atoms with van der Waals surface area (Å²) < 4.78 is 0. The van der Waals surface area contributed by atoms with E-state index in [1.54, 1.807) is 0 Å². The minimum Gasteiger partial charge on any atom is -0.357 e. The quantitative estimate of drug-likeness (QED) is 0.392. The van der Waals surface area contributed by atoms with Gasteiger partial charge >= 0.3 is 0 Å². The molecule has 16 heavy (non-hydrogen) atoms. The number of guanidine groups is 1. The van der Waals surface area contributed by atoms with Crippen LogP contribution >= 0.6 is 11.8 Å². The lowest BCUT2D eigenvalue weighted by molar-refractivity contribution is 0.683. The van der Waals surface area contributed by atoms with Crippen LogP contribution in [0.2, 0.25) is 0 Å². The van der Waals surface area contributed by atoms with Crippen molar-refractivity contribution in [1.29, 1.82) is 0 Å². The highest BCUT2D eigenvalue weighted by molar-refractivity contribution is 7.99. The van der Waals surface area contributed by atoms with Crippen molar-refractivity contribution >= 4 is 17.7 Å². The Labute approximate surface area is 105 Å². The molecule has 0 aromatic rings. The molecule has 0 bridgehead atoms. The van der Waals surface area contributed by atoms with Crippen molar-refractivity contribution in [2.24, 2.45) is 4.99 Å². The lowest BCUT2D eigenvalue weighted by Crippen LogP contribution is -2.38. The van der Waals surface area contributed by atoms with E-state index in [1.165, 1.54) is 19.3 Å². The maximum absolute atomic E-state index is 4.56. The summed E-state index contributed by atoms with van der Waals surface area (Å²) in [6, 6.07) is 0. The summed E-state index contributed by atoms with van der Waals surface area (Å²) in [5.41, 5.74) is 0. The molecule has 1 unspecified atom stereocenters. The Kier molecular flexibility index (Phi) is 10.9. The number of hydrogen-bond donors (Lipinski definition) is 2. The molecule has 0 heterocycles. The maximum Gasteiger partial charge on any atom is 0.191 e. The summed E-state index contributed by atoms with van der Waals surface area (Å²) in [6.07, 6.45) is 5.90. The van der Waals surface area contributed by atoms with Gasteiger partial charge in [-0.05, 0) is 19.6 Å². The number of aliphatic imine (C=N–C) groups is 1. The smallest absolute Gasteiger partial charge is 0.191 e. The minimum absolute atomic E-state index is 0.589. The molecule has 0 amide bonds. The molecule has 0 aromatic heterocycles. The average molecular weight is 245 g/mol. The Balaban J connectivity index is 3.85. The van der Waals surface area contributed by atoms with Crippen molar-refractivity contribution in [3.05, 3.63) is 0 Å². The molecular formula is C12H27N3S. The van der Waals surface area contributed by atoms with Gasteiger partial charge in [-0.2, -0.15) is 11.8 Å². The van der Waals surface area contributed by atoms with Crippen LogP contribution in [0.4, 0.5) is 0 Å². The molecule has 0 aliphatic rings. The lowest BCUT2D eigenvalue weighted by atomic mass is 10.2. The van der Waals surface area contributed by atoms with E-state index in [0.717, 1.165) is 25.6 Å². The third kappa shape index (κ3) is 8.89. The van der Waals surface area contributed by atoms with Crippen LogP contribution in [-0.2, 0) is 0 Å². The summed E-state index contributed by atoms with van der Waals surface area (Å²) >= 11 is 1.85. The monoisotopic (exact) mass is 245 g/mol. The first-order chi connectivity index (χ1) is 7.74. The number of unbranched alkanes of at least 4 members (excludes halogenated alkanes) is 2. The second kappa shape index (κ2) is 11.1. The second-order valence-electron chi connectivity index (χ2n) is 3.90. The van der Waals surface area contributed by atoms with Crippen LogP contribution in [0.1, 0.15) is 40.0 Å². The van der Waals surface area contributed by atoms with Crippen LogP contribution in [0.5, 0.6) is 0 Å². The van der Waals surface area contributed by atoms with Crippen LogP contribution in [0.3, 0.4) is 0 Å². The van der Waals surface area contributed by atoms with Gasteiger partial charge in [0.15, 0.2) is 5.96 Å². The van der Waals surface area contributed by atoms with E-state index >= 15 is 0 Å². The van der Waals surface area contributed by atoms with Crippen molar-refractivity contribution < 1.29 is 0 Å². The van der Waals surface area contributed by atoms with E-state index in [9.17, 15) is 0 Å². The molecule has 0 saturated carbocycles. The molecule has 0 aliphatic heterocycles. The van der Waals surface area contributed by atoms with E-state index in [4.69, 9.17) is 0 Å². The number of thioether (sulfide) groups is 1. The summed E-state index contributed by atoms with van der Waals surface area (Å²) in [6.45, 7) is 9.35. The first-order valence-corrected chi connectivity index (χ1v) is 7.58. The fraction of sp³-hybridized carbons (Fsp3) is 0.917. The average Bonchev–Trinajstić information content (AvgIpc) is 2.30. The number of rotatable bonds is 8. The molecule has 3 nitrogen and oxygen atoms in total. The van der Waals surface area contributed by atoms with E-state index in [2.05, 4.69) is 42.7 Å². The maximum atomic E-state index is 4.56. The Hall–Kier alpha value is -0.380. The van der Waals surface area contributed by atoms with Crippen LogP contribution in [0.25, 0.3) is 0 Å². The molecule has 4 heteroatoms. The summed E-state index contributed by atoms with van der Waals surface area (Å²) in [5.74, 6) is 0.958. The molecule has 0 aromatic carbocycles. The predicted molar refractivity (Wildman–Crippen MR) is 76.5 cm³/mol. The van der Waals surface area contributed by atoms with Gasteiger partial charge in [0.2, 0.25) is 0 Å². The first-order valence-electron chi connectivity index (χ1n) is 6.29. The van der Waals surface area contributed by atoms with E-state index in [1.807, 2.05) is 11.8 Å². The zero-order valence-corrected chi connectivity index (χ0v) is 12.0. The Morgan fingerprint density at radius 3 is 2.56 bits per heavy atom. The summed E-state index contributed by atoms with van der Waals surface area (Å²) in [7, 11) is 0. The van der Waals surface area contributed by atoms with Gasteiger partial charge in [0.1, 0.15) is 0 Å². The second-order valence-corrected chi connectivity index (χ2v) is 5.18. The van der Waals surface area contributed by atoms with Crippen molar-refractivity contribution in [3.63, 3.8) is 0 Å². The van der Waals surface area contributed by atoms with Gasteiger partial charge in [0.05, 0.1) is 6.54 Å². The third-order valence-corrected chi connectivity index (χ3v) is 3.28. The highest BCUT2D eigenvalue weighted by atomic mass is 32.2. The minimum atomic E-state index is 0.589. The fourth-order valence-corrected chi connectivity index (χ4v) is 1.44. The molecule has 0 rings (SSSR count). The molecule has 96 valence electrons. The Bertz CT molecular complexity index is 183. The van der Waals surface area contributed by atoms with Gasteiger partial charge in [-0.15, -0.1) is 0 Å². The SMILES string of the molecule is CCCCCNC(=NCC(C)SC)NCC. The first kappa shape index (κ1) is 15.6. The van der Waals surface area contributed by atoms with Crippen molar-refractivity contribution in [3.8, 4) is 0 Å². The zero-order chi connectivity index (χ0) is 12.2. The van der Waals surface area contributed by atoms with Gasteiger partial charge in [-0.3, -0.25) is 4.99 Å². The molecule has 0 aliphatic carbocycles. The van der Waals surface area contributed by atoms with Gasteiger partial charge in [-0.25, -0.2) is 0 Å². The van der Waals surface area contributed by atoms with E-state index < -0.39 is 0 Å². The topological polar surface area (TPSA) is 36.4 Å². The Morgan fingerprint density at radius 1 is 1.25 bits per heavy atom. The fourth-order valence-electron chi connectivity index (χ4n) is 1.22. The standard InChI is InChI=1S/C12H27N3S/c1-5-7-8-9-14-12(13-6-2)15-10-11(3)16-4/h11H,5-10H2,1-4H3,(H2,13,14,15). The van der Waals surface area contributed by atoms with Gasteiger partial charge in [-0.1, -0.05) is 26.7 Å². The number of nitrogens with one attached hydrogen (secondary N) is 2. The van der Waals surface area contributed by atoms with E-state index in [0.29, 0.717) is 5.25 Å². The molecule has 0 saturated heterocycles. The van der Waals surface area contributed by atoms with Gasteiger partial charge in [0, 0.05) is 18.3 Å². The third-order valence-electron chi connectivity index (χ3n) is 2.33. The van der Waals surface area contributed by atoms with Crippen LogP contribution < -0.4 is 10.6 Å². The number of hydrogen-bond acceptors (Lipinski definition) is 2. The molecule has 2 N–H and O–H groups in total. The molecular weight excluding hydrogens is 218 g/mol. The van der Waals surface area contributed by atoms with Crippen LogP contribution in [0, 0.1) is 0 Å². The lowest BCUT2D eigenvalue weighted by Gasteiger charge is -2.12. The predicted octanol–water partition coefficient (Wildman–Crippen LogP) is 2.48. The van der Waals surface area contributed by atoms with E-state index in [-0.39, 0.29) is 0 Å². The van der Waals surface area contributed by atoms with Crippen LogP contribution in [0.15, 0.2) is 4.99 Å². The van der Waals surface area contributed by atoms with Gasteiger partial charge < -0.3 is 10.6 Å². The molecule has 0 radical (unpaired) electrons. The summed E-state index contributed by atoms with van der Waals surface area (Å²) in [5, 5.41) is 7.22. The molecule has 0 fully saturated rings. The number of nitrogens with zero attached hydrogens (tertiary/aromatic N) is 1. The van der Waals surface area contributed by atoms with Gasteiger partial charge in [0.25, 0.3) is 0 Å². The molecule has 1 atom stereocenters. The zero-order valence-electron chi connectivity index (χ0n) is 11.2. The summed E-state index contributed by atoms with van der Waals surface area (Å²) in [4.78, 5) is 4.56. The van der Waals surface area contributed by atoms with Crippen molar-refractivity contribution in [2.45, 2.75) is 45.3 Å². The largest absolute Gasteiger partial charge is 0.357 e. The normalized spacial score (nSPS) is 13.6. The van der Waals surface area contributed by atoms with Crippen molar-refractivity contribution in [1.82, 2.24) is 10.6 Å². The highest BCUT2D eigenvalue weighted by Crippen LogP contribution is 2.04. The molecule has 0 spiro atoms. The highest BCUT2D eigenvalue weighted by Gasteiger charge is 1.99. The van der Waals surface area contributed by atoms with Crippen molar-refractivity contribution in [2.75, 3.05) is 25.9 Å². The van der Waals surface area contributed by atoms with Crippen LogP contribution in [-0.4, -0.2) is 37.1 Å². The Morgan fingerprint density at radius 2 is 2.00 bits per heavy atom.